The molecule has 33 heavy (non-hydrogen) atoms. The minimum atomic E-state index is -1.09. The van der Waals surface area contributed by atoms with Crippen molar-refractivity contribution in [2.75, 3.05) is 48.1 Å². The molecule has 14 atom stereocenters. The Morgan fingerprint density at radius 3 is 2.36 bits per heavy atom. The molecule has 5 aliphatic carbocycles. The molecule has 6 fully saturated rings. The predicted molar refractivity (Wildman–Crippen MR) is 118 cm³/mol. The smallest absolute Gasteiger partial charge is 0.0796 e. The van der Waals surface area contributed by atoms with Crippen molar-refractivity contribution in [1.29, 1.82) is 0 Å². The molecule has 1 saturated heterocycles. The molecule has 5 saturated carbocycles. The third-order valence-electron chi connectivity index (χ3n) is 11.5. The van der Waals surface area contributed by atoms with Crippen molar-refractivity contribution in [1.82, 2.24) is 4.90 Å². The second-order valence-electron chi connectivity index (χ2n) is 11.8. The number of aliphatic hydroxyl groups excluding tert-OH is 2. The van der Waals surface area contributed by atoms with E-state index in [1.165, 1.54) is 0 Å². The van der Waals surface area contributed by atoms with Gasteiger partial charge in [-0.1, -0.05) is 6.92 Å². The number of likely N-dealkylation sites (tertiary alicyclic amines) is 1. The average molecular weight is 468 g/mol. The summed E-state index contributed by atoms with van der Waals surface area (Å²) in [5.41, 5.74) is -1.93. The van der Waals surface area contributed by atoms with Gasteiger partial charge in [0, 0.05) is 88.4 Å². The van der Waals surface area contributed by atoms with Crippen molar-refractivity contribution in [3.05, 3.63) is 0 Å². The van der Waals surface area contributed by atoms with E-state index >= 15 is 0 Å². The third-order valence-corrected chi connectivity index (χ3v) is 11.5. The van der Waals surface area contributed by atoms with Gasteiger partial charge in [-0.2, -0.15) is 0 Å². The summed E-state index contributed by atoms with van der Waals surface area (Å²) >= 11 is 0. The minimum absolute atomic E-state index is 0.0111. The molecular formula is C25H41NO7. The van der Waals surface area contributed by atoms with Crippen molar-refractivity contribution in [3.8, 4) is 0 Å². The van der Waals surface area contributed by atoms with Crippen LogP contribution in [-0.2, 0) is 18.9 Å². The molecule has 8 nitrogen and oxygen atoms in total. The third kappa shape index (κ3) is 2.32. The Balaban J connectivity index is 1.65. The van der Waals surface area contributed by atoms with Crippen LogP contribution in [0.25, 0.3) is 0 Å². The van der Waals surface area contributed by atoms with Gasteiger partial charge in [0.1, 0.15) is 0 Å². The molecular weight excluding hydrogens is 426 g/mol. The lowest BCUT2D eigenvalue weighted by Gasteiger charge is -2.70. The first-order valence-electron chi connectivity index (χ1n) is 12.7. The topological polar surface area (TPSA) is 101 Å². The van der Waals surface area contributed by atoms with Gasteiger partial charge in [0.05, 0.1) is 42.7 Å². The molecule has 1 aliphatic heterocycles. The number of ether oxygens (including phenoxy) is 4. The zero-order valence-corrected chi connectivity index (χ0v) is 20.5. The fourth-order valence-corrected chi connectivity index (χ4v) is 10.9. The van der Waals surface area contributed by atoms with Crippen LogP contribution in [0.5, 0.6) is 0 Å². The number of piperidine rings is 1. The Kier molecular flexibility index (Phi) is 5.15. The average Bonchev–Trinajstić information content (AvgIpc) is 3.20. The molecule has 0 aromatic rings. The van der Waals surface area contributed by atoms with Crippen LogP contribution in [0.3, 0.4) is 0 Å². The van der Waals surface area contributed by atoms with Crippen molar-refractivity contribution in [2.45, 2.75) is 68.3 Å². The molecule has 0 aromatic carbocycles. The lowest BCUT2D eigenvalue weighted by molar-refractivity contribution is -0.295. The summed E-state index contributed by atoms with van der Waals surface area (Å²) in [6, 6.07) is 0.0627. The Labute approximate surface area is 196 Å². The van der Waals surface area contributed by atoms with Crippen LogP contribution >= 0.6 is 0 Å². The number of methoxy groups -OCH3 is 4. The van der Waals surface area contributed by atoms with E-state index in [9.17, 15) is 15.3 Å². The molecule has 188 valence electrons. The zero-order chi connectivity index (χ0) is 23.5. The summed E-state index contributed by atoms with van der Waals surface area (Å²) in [5.74, 6) is -0.369. The highest BCUT2D eigenvalue weighted by molar-refractivity contribution is 5.36. The minimum Gasteiger partial charge on any atom is -0.392 e. The summed E-state index contributed by atoms with van der Waals surface area (Å²) in [6.45, 7) is 4.14. The van der Waals surface area contributed by atoms with Crippen molar-refractivity contribution >= 4 is 0 Å². The van der Waals surface area contributed by atoms with E-state index in [4.69, 9.17) is 18.9 Å². The van der Waals surface area contributed by atoms with Gasteiger partial charge in [0.15, 0.2) is 0 Å². The maximum atomic E-state index is 12.6. The van der Waals surface area contributed by atoms with Crippen LogP contribution in [0.4, 0.5) is 0 Å². The number of nitrogens with zero attached hydrogens (tertiary/aromatic N) is 1. The van der Waals surface area contributed by atoms with E-state index in [-0.39, 0.29) is 59.4 Å². The summed E-state index contributed by atoms with van der Waals surface area (Å²) in [6.07, 6.45) is 0.0688. The Morgan fingerprint density at radius 1 is 1.00 bits per heavy atom. The monoisotopic (exact) mass is 467 g/mol. The number of aliphatic hydroxyl groups is 3. The summed E-state index contributed by atoms with van der Waals surface area (Å²) < 4.78 is 24.3. The molecule has 0 amide bonds. The fraction of sp³-hybridized carbons (Fsp3) is 1.00. The molecule has 6 rings (SSSR count). The number of fused-ring (bicyclic) bond motifs is 2. The lowest BCUT2D eigenvalue weighted by atomic mass is 9.42. The van der Waals surface area contributed by atoms with Crippen LogP contribution in [0, 0.1) is 40.4 Å². The SMILES string of the molecule is CCN1C[C@@]2(COC)C3[C@@H](OC)[C@H]4[C@H]1[C@@]3(C1C[C@H]3[C@H](O)C1[C@]4(O)C[C@H]3OC)[C@@H](OC)C[C@H]2O. The zero-order valence-electron chi connectivity index (χ0n) is 20.5. The second-order valence-corrected chi connectivity index (χ2v) is 11.8. The first-order chi connectivity index (χ1) is 15.8. The molecule has 1 heterocycles. The predicted octanol–water partition coefficient (Wildman–Crippen LogP) is 0.127. The van der Waals surface area contributed by atoms with E-state index in [0.717, 1.165) is 19.5 Å². The summed E-state index contributed by atoms with van der Waals surface area (Å²) in [7, 11) is 6.91. The molecule has 3 N–H and O–H groups in total. The van der Waals surface area contributed by atoms with E-state index in [0.29, 0.717) is 19.4 Å². The standard InChI is InChI=1S/C25H41NO7/c1-6-26-10-23(11-30-2)15(27)8-16(32-4)25-13-7-12-14(31-3)9-24(29,17(13)19(12)28)18(22(25)26)20(33-5)21(23)25/h12-22,27-29H,6-11H2,1-5H3/t12-,13?,14-,15-,16+,17?,18+,19+,20+,21?,22+,23+,24-,25+/m1/s1. The van der Waals surface area contributed by atoms with Gasteiger partial charge in [-0.25, -0.2) is 0 Å². The number of hydrogen-bond donors (Lipinski definition) is 3. The van der Waals surface area contributed by atoms with E-state index < -0.39 is 23.2 Å². The molecule has 6 aliphatic rings. The van der Waals surface area contributed by atoms with Gasteiger partial charge >= 0.3 is 0 Å². The van der Waals surface area contributed by atoms with Gasteiger partial charge in [0.2, 0.25) is 0 Å². The summed E-state index contributed by atoms with van der Waals surface area (Å²) in [5, 5.41) is 35.8. The maximum Gasteiger partial charge on any atom is 0.0796 e. The molecule has 0 aromatic heterocycles. The van der Waals surface area contributed by atoms with Gasteiger partial charge in [-0.15, -0.1) is 0 Å². The lowest BCUT2D eigenvalue weighted by Crippen LogP contribution is -2.78. The van der Waals surface area contributed by atoms with E-state index in [1.807, 2.05) is 0 Å². The number of hydrogen-bond acceptors (Lipinski definition) is 8. The first-order valence-corrected chi connectivity index (χ1v) is 12.7. The normalized spacial score (nSPS) is 60.9. The van der Waals surface area contributed by atoms with Crippen LogP contribution in [-0.4, -0.2) is 111 Å². The highest BCUT2D eigenvalue weighted by Crippen LogP contribution is 2.79. The molecule has 7 bridgehead atoms. The number of rotatable bonds is 6. The Bertz CT molecular complexity index is 799. The van der Waals surface area contributed by atoms with Crippen LogP contribution in [0.2, 0.25) is 0 Å². The van der Waals surface area contributed by atoms with E-state index in [2.05, 4.69) is 11.8 Å². The van der Waals surface area contributed by atoms with E-state index in [1.54, 1.807) is 28.4 Å². The molecule has 3 unspecified atom stereocenters. The fourth-order valence-electron chi connectivity index (χ4n) is 10.9. The largest absolute Gasteiger partial charge is 0.392 e. The Morgan fingerprint density at radius 2 is 1.76 bits per heavy atom. The van der Waals surface area contributed by atoms with Crippen molar-refractivity contribution in [2.24, 2.45) is 40.4 Å². The summed E-state index contributed by atoms with van der Waals surface area (Å²) in [4.78, 5) is 2.47. The van der Waals surface area contributed by atoms with Gasteiger partial charge in [0.25, 0.3) is 0 Å². The Hall–Kier alpha value is -0.320. The van der Waals surface area contributed by atoms with Crippen molar-refractivity contribution < 1.29 is 34.3 Å². The highest BCUT2D eigenvalue weighted by atomic mass is 16.5. The quantitative estimate of drug-likeness (QED) is 0.507. The maximum absolute atomic E-state index is 12.6. The first kappa shape index (κ1) is 23.1. The molecule has 0 radical (unpaired) electrons. The van der Waals surface area contributed by atoms with Gasteiger partial charge in [-0.3, -0.25) is 4.90 Å². The molecule has 1 spiro atoms. The highest BCUT2D eigenvalue weighted by Gasteiger charge is 2.87. The van der Waals surface area contributed by atoms with Crippen LogP contribution in [0.1, 0.15) is 26.2 Å². The van der Waals surface area contributed by atoms with Crippen molar-refractivity contribution in [3.63, 3.8) is 0 Å². The van der Waals surface area contributed by atoms with Crippen LogP contribution in [0.15, 0.2) is 0 Å². The van der Waals surface area contributed by atoms with Crippen LogP contribution < -0.4 is 0 Å². The van der Waals surface area contributed by atoms with Gasteiger partial charge < -0.3 is 34.3 Å². The van der Waals surface area contributed by atoms with Gasteiger partial charge in [-0.05, 0) is 18.9 Å². The molecule has 8 heteroatoms. The second kappa shape index (κ2) is 7.35.